The van der Waals surface area contributed by atoms with Gasteiger partial charge in [-0.1, -0.05) is 109 Å². The molecule has 0 aliphatic carbocycles. The third-order valence-corrected chi connectivity index (χ3v) is 11.5. The van der Waals surface area contributed by atoms with Crippen molar-refractivity contribution >= 4 is 82.9 Å². The van der Waals surface area contributed by atoms with E-state index in [9.17, 15) is 0 Å². The molecule has 4 nitrogen and oxygen atoms in total. The van der Waals surface area contributed by atoms with Crippen molar-refractivity contribution in [2.45, 2.75) is 0 Å². The summed E-state index contributed by atoms with van der Waals surface area (Å²) < 4.78 is 19.3. The van der Waals surface area contributed by atoms with Crippen molar-refractivity contribution in [1.82, 2.24) is 0 Å². The predicted molar refractivity (Wildman–Crippen MR) is 239 cm³/mol. The largest absolute Gasteiger partial charge is 0.456 e. The maximum absolute atomic E-state index is 6.54. The van der Waals surface area contributed by atoms with Gasteiger partial charge in [-0.2, -0.15) is 0 Å². The molecule has 0 bridgehead atoms. The van der Waals surface area contributed by atoms with Crippen LogP contribution in [0.5, 0.6) is 0 Å². The van der Waals surface area contributed by atoms with Gasteiger partial charge in [-0.3, -0.25) is 0 Å². The smallest absolute Gasteiger partial charge is 0.136 e. The number of hydrogen-bond acceptors (Lipinski definition) is 4. The zero-order valence-corrected chi connectivity index (χ0v) is 31.2. The van der Waals surface area contributed by atoms with Crippen LogP contribution in [-0.4, -0.2) is 0 Å². The standard InChI is InChI=1S/C54H33NO3/c1-3-11-34(12-4-1)35-13-9-16-40(29-35)55(39-14-5-2-6-15-39)41-24-28-49-47(33-41)45-25-21-36(30-51(45)57-49)37-22-27-46-53(31-37)58-50-20-10-18-42(54(46)50)38-23-26-44-43-17-7-8-19-48(43)56-52(44)32-38/h1-33H. The average molecular weight is 744 g/mol. The van der Waals surface area contributed by atoms with Gasteiger partial charge in [0.15, 0.2) is 0 Å². The molecule has 9 aromatic carbocycles. The molecule has 0 amide bonds. The SMILES string of the molecule is c1ccc(-c2cccc(N(c3ccccc3)c3ccc4oc5cc(-c6ccc7c(c6)oc6cccc(-c8ccc9c(c8)oc8ccccc89)c67)ccc5c4c3)c2)cc1. The molecular formula is C54H33NO3. The molecule has 0 saturated heterocycles. The van der Waals surface area contributed by atoms with Crippen LogP contribution in [0.4, 0.5) is 17.1 Å². The highest BCUT2D eigenvalue weighted by Crippen LogP contribution is 2.43. The van der Waals surface area contributed by atoms with Gasteiger partial charge in [-0.25, -0.2) is 0 Å². The number of nitrogens with zero attached hydrogens (tertiary/aromatic N) is 1. The van der Waals surface area contributed by atoms with Crippen LogP contribution in [0, 0.1) is 0 Å². The Hall–Kier alpha value is -7.82. The van der Waals surface area contributed by atoms with E-state index in [2.05, 4.69) is 187 Å². The second-order valence-corrected chi connectivity index (χ2v) is 14.9. The van der Waals surface area contributed by atoms with Gasteiger partial charge < -0.3 is 18.2 Å². The molecule has 12 rings (SSSR count). The maximum Gasteiger partial charge on any atom is 0.136 e. The number of furan rings is 3. The van der Waals surface area contributed by atoms with Crippen molar-refractivity contribution in [3.8, 4) is 33.4 Å². The second kappa shape index (κ2) is 12.9. The number of rotatable bonds is 6. The van der Waals surface area contributed by atoms with E-state index in [-0.39, 0.29) is 0 Å². The molecule has 0 unspecified atom stereocenters. The molecule has 0 aliphatic rings. The summed E-state index contributed by atoms with van der Waals surface area (Å²) in [5.74, 6) is 0. The first-order chi connectivity index (χ1) is 28.7. The van der Waals surface area contributed by atoms with E-state index in [0.29, 0.717) is 0 Å². The lowest BCUT2D eigenvalue weighted by atomic mass is 9.97. The molecule has 12 aromatic rings. The summed E-state index contributed by atoms with van der Waals surface area (Å²) in [7, 11) is 0. The number of para-hydroxylation sites is 2. The van der Waals surface area contributed by atoms with Gasteiger partial charge in [0.2, 0.25) is 0 Å². The van der Waals surface area contributed by atoms with Gasteiger partial charge >= 0.3 is 0 Å². The molecule has 3 aromatic heterocycles. The Morgan fingerprint density at radius 3 is 1.59 bits per heavy atom. The third kappa shape index (κ3) is 5.23. The van der Waals surface area contributed by atoms with Crippen LogP contribution >= 0.6 is 0 Å². The van der Waals surface area contributed by atoms with Crippen LogP contribution in [0.2, 0.25) is 0 Å². The quantitative estimate of drug-likeness (QED) is 0.170. The van der Waals surface area contributed by atoms with Gasteiger partial charge in [0.25, 0.3) is 0 Å². The summed E-state index contributed by atoms with van der Waals surface area (Å²) in [6.07, 6.45) is 0. The van der Waals surface area contributed by atoms with Gasteiger partial charge in [-0.15, -0.1) is 0 Å². The molecule has 3 heterocycles. The highest BCUT2D eigenvalue weighted by molar-refractivity contribution is 6.14. The van der Waals surface area contributed by atoms with Crippen LogP contribution in [0.25, 0.3) is 99.2 Å². The lowest BCUT2D eigenvalue weighted by molar-refractivity contribution is 0.668. The van der Waals surface area contributed by atoms with Crippen molar-refractivity contribution in [1.29, 1.82) is 0 Å². The topological polar surface area (TPSA) is 42.7 Å². The average Bonchev–Trinajstić information content (AvgIpc) is 3.97. The van der Waals surface area contributed by atoms with E-state index in [1.165, 1.54) is 11.1 Å². The molecule has 0 aliphatic heterocycles. The number of fused-ring (bicyclic) bond motifs is 9. The Balaban J connectivity index is 0.919. The summed E-state index contributed by atoms with van der Waals surface area (Å²) in [6, 6.07) is 70.2. The highest BCUT2D eigenvalue weighted by atomic mass is 16.3. The fraction of sp³-hybridized carbons (Fsp3) is 0. The predicted octanol–water partition coefficient (Wildman–Crippen LogP) is 15.9. The minimum Gasteiger partial charge on any atom is -0.456 e. The Labute approximate surface area is 333 Å². The second-order valence-electron chi connectivity index (χ2n) is 14.9. The molecule has 4 heteroatoms. The normalized spacial score (nSPS) is 11.8. The van der Waals surface area contributed by atoms with Crippen molar-refractivity contribution in [2.75, 3.05) is 4.90 Å². The first-order valence-electron chi connectivity index (χ1n) is 19.6. The van der Waals surface area contributed by atoms with E-state index >= 15 is 0 Å². The monoisotopic (exact) mass is 743 g/mol. The minimum atomic E-state index is 0.843. The molecule has 272 valence electrons. The van der Waals surface area contributed by atoms with E-state index < -0.39 is 0 Å². The highest BCUT2D eigenvalue weighted by Gasteiger charge is 2.18. The van der Waals surface area contributed by atoms with Crippen molar-refractivity contribution in [2.24, 2.45) is 0 Å². The summed E-state index contributed by atoms with van der Waals surface area (Å²) in [5.41, 5.74) is 15.1. The molecule has 0 N–H and O–H groups in total. The van der Waals surface area contributed by atoms with E-state index in [1.54, 1.807) is 0 Å². The number of benzene rings is 9. The van der Waals surface area contributed by atoms with E-state index in [0.717, 1.165) is 105 Å². The van der Waals surface area contributed by atoms with Crippen molar-refractivity contribution in [3.63, 3.8) is 0 Å². The molecule has 58 heavy (non-hydrogen) atoms. The lowest BCUT2D eigenvalue weighted by Gasteiger charge is -2.26. The van der Waals surface area contributed by atoms with Crippen LogP contribution in [0.1, 0.15) is 0 Å². The van der Waals surface area contributed by atoms with Crippen LogP contribution in [0.15, 0.2) is 213 Å². The fourth-order valence-electron chi connectivity index (χ4n) is 8.70. The lowest BCUT2D eigenvalue weighted by Crippen LogP contribution is -2.09. The Morgan fingerprint density at radius 1 is 0.259 bits per heavy atom. The zero-order valence-electron chi connectivity index (χ0n) is 31.2. The molecule has 0 radical (unpaired) electrons. The van der Waals surface area contributed by atoms with E-state index in [4.69, 9.17) is 13.3 Å². The molecule has 0 fully saturated rings. The summed E-state index contributed by atoms with van der Waals surface area (Å²) in [5, 5.41) is 6.56. The summed E-state index contributed by atoms with van der Waals surface area (Å²) >= 11 is 0. The van der Waals surface area contributed by atoms with Crippen LogP contribution in [-0.2, 0) is 0 Å². The molecule has 0 atom stereocenters. The van der Waals surface area contributed by atoms with Crippen molar-refractivity contribution in [3.05, 3.63) is 200 Å². The fourth-order valence-corrected chi connectivity index (χ4v) is 8.70. The number of anilines is 3. The maximum atomic E-state index is 6.54. The van der Waals surface area contributed by atoms with Crippen LogP contribution < -0.4 is 4.90 Å². The number of hydrogen-bond donors (Lipinski definition) is 0. The summed E-state index contributed by atoms with van der Waals surface area (Å²) in [6.45, 7) is 0. The van der Waals surface area contributed by atoms with Gasteiger partial charge in [0.05, 0.1) is 0 Å². The first-order valence-corrected chi connectivity index (χ1v) is 19.6. The van der Waals surface area contributed by atoms with Gasteiger partial charge in [-0.05, 0) is 124 Å². The molecular weight excluding hydrogens is 711 g/mol. The Bertz CT molecular complexity index is 3520. The molecule has 0 spiro atoms. The van der Waals surface area contributed by atoms with Gasteiger partial charge in [0.1, 0.15) is 33.5 Å². The first kappa shape index (κ1) is 32.4. The summed E-state index contributed by atoms with van der Waals surface area (Å²) in [4.78, 5) is 2.31. The van der Waals surface area contributed by atoms with E-state index in [1.807, 2.05) is 18.2 Å². The van der Waals surface area contributed by atoms with Crippen molar-refractivity contribution < 1.29 is 13.3 Å². The zero-order chi connectivity index (χ0) is 38.2. The minimum absolute atomic E-state index is 0.843. The molecule has 0 saturated carbocycles. The van der Waals surface area contributed by atoms with Gasteiger partial charge in [0, 0.05) is 49.4 Å². The Morgan fingerprint density at radius 2 is 0.776 bits per heavy atom. The van der Waals surface area contributed by atoms with Crippen LogP contribution in [0.3, 0.4) is 0 Å². The Kier molecular flexibility index (Phi) is 7.20. The third-order valence-electron chi connectivity index (χ3n) is 11.5.